The third kappa shape index (κ3) is 2.84. The van der Waals surface area contributed by atoms with Gasteiger partial charge in [0.25, 0.3) is 0 Å². The molecule has 3 atom stereocenters. The van der Waals surface area contributed by atoms with E-state index in [0.29, 0.717) is 13.0 Å². The van der Waals surface area contributed by atoms with Gasteiger partial charge in [-0.2, -0.15) is 0 Å². The number of carbonyl (C=O) groups is 1. The topological polar surface area (TPSA) is 40.5 Å². The predicted molar refractivity (Wildman–Crippen MR) is 93.5 cm³/mol. The number of hydrogen-bond acceptors (Lipinski definition) is 2. The molecule has 4 rings (SSSR count). The maximum atomic E-state index is 12.9. The highest BCUT2D eigenvalue weighted by atomic mass is 16.3. The van der Waals surface area contributed by atoms with Crippen LogP contribution in [0.1, 0.15) is 41.9 Å². The van der Waals surface area contributed by atoms with Gasteiger partial charge >= 0.3 is 0 Å². The van der Waals surface area contributed by atoms with E-state index in [1.54, 1.807) is 0 Å². The SMILES string of the molecule is O=C([C@@H]1CC[C@@H](O)C1)N1Cc2ccccc2[C@@H](c2ccccc2)C1. The van der Waals surface area contributed by atoms with Crippen molar-refractivity contribution in [3.63, 3.8) is 0 Å². The summed E-state index contributed by atoms with van der Waals surface area (Å²) in [6.45, 7) is 1.41. The molecule has 1 fully saturated rings. The number of benzene rings is 2. The Labute approximate surface area is 142 Å². The Balaban J connectivity index is 1.64. The molecule has 3 nitrogen and oxygen atoms in total. The molecule has 1 saturated carbocycles. The Bertz CT molecular complexity index is 728. The van der Waals surface area contributed by atoms with Gasteiger partial charge in [-0.3, -0.25) is 4.79 Å². The molecular weight excluding hydrogens is 298 g/mol. The molecule has 2 aliphatic rings. The van der Waals surface area contributed by atoms with Crippen LogP contribution in [0.4, 0.5) is 0 Å². The summed E-state index contributed by atoms with van der Waals surface area (Å²) in [5.74, 6) is 0.426. The molecule has 2 aromatic rings. The van der Waals surface area contributed by atoms with Crippen LogP contribution in [0.2, 0.25) is 0 Å². The van der Waals surface area contributed by atoms with Gasteiger partial charge in [-0.25, -0.2) is 0 Å². The van der Waals surface area contributed by atoms with Gasteiger partial charge in [0.05, 0.1) is 6.10 Å². The van der Waals surface area contributed by atoms with Crippen molar-refractivity contribution in [3.8, 4) is 0 Å². The van der Waals surface area contributed by atoms with Crippen LogP contribution >= 0.6 is 0 Å². The molecule has 1 aliphatic heterocycles. The van der Waals surface area contributed by atoms with Gasteiger partial charge in [-0.1, -0.05) is 54.6 Å². The standard InChI is InChI=1S/C21H23NO2/c23-18-11-10-16(12-18)21(24)22-13-17-8-4-5-9-19(17)20(14-22)15-6-2-1-3-7-15/h1-9,16,18,20,23H,10-14H2/t16-,18-,20-/m1/s1. The average molecular weight is 321 g/mol. The highest BCUT2D eigenvalue weighted by molar-refractivity contribution is 5.79. The first-order chi connectivity index (χ1) is 11.7. The smallest absolute Gasteiger partial charge is 0.226 e. The fraction of sp³-hybridized carbons (Fsp3) is 0.381. The van der Waals surface area contributed by atoms with Crippen molar-refractivity contribution in [2.24, 2.45) is 5.92 Å². The molecule has 0 radical (unpaired) electrons. The summed E-state index contributed by atoms with van der Waals surface area (Å²) in [5, 5.41) is 9.76. The van der Waals surface area contributed by atoms with Crippen LogP contribution in [0.15, 0.2) is 54.6 Å². The average Bonchev–Trinajstić information content (AvgIpc) is 3.07. The van der Waals surface area contributed by atoms with E-state index in [4.69, 9.17) is 0 Å². The van der Waals surface area contributed by atoms with E-state index in [1.807, 2.05) is 17.0 Å². The number of aliphatic hydroxyl groups is 1. The lowest BCUT2D eigenvalue weighted by Gasteiger charge is -2.36. The molecule has 0 bridgehead atoms. The highest BCUT2D eigenvalue weighted by Crippen LogP contribution is 2.35. The zero-order valence-electron chi connectivity index (χ0n) is 13.8. The van der Waals surface area contributed by atoms with E-state index >= 15 is 0 Å². The second-order valence-electron chi connectivity index (χ2n) is 7.04. The van der Waals surface area contributed by atoms with Crippen LogP contribution in [0.3, 0.4) is 0 Å². The third-order valence-electron chi connectivity index (χ3n) is 5.46. The number of fused-ring (bicyclic) bond motifs is 1. The van der Waals surface area contributed by atoms with Crippen LogP contribution in [-0.4, -0.2) is 28.6 Å². The lowest BCUT2D eigenvalue weighted by molar-refractivity contribution is -0.136. The molecular formula is C21H23NO2. The quantitative estimate of drug-likeness (QED) is 0.922. The lowest BCUT2D eigenvalue weighted by atomic mass is 9.84. The number of hydrogen-bond donors (Lipinski definition) is 1. The van der Waals surface area contributed by atoms with E-state index in [0.717, 1.165) is 19.4 Å². The van der Waals surface area contributed by atoms with Gasteiger partial charge in [-0.15, -0.1) is 0 Å². The van der Waals surface area contributed by atoms with Crippen molar-refractivity contribution in [1.29, 1.82) is 0 Å². The van der Waals surface area contributed by atoms with Gasteiger partial charge in [0.1, 0.15) is 0 Å². The number of aliphatic hydroxyl groups excluding tert-OH is 1. The van der Waals surface area contributed by atoms with Crippen LogP contribution < -0.4 is 0 Å². The monoisotopic (exact) mass is 321 g/mol. The van der Waals surface area contributed by atoms with Crippen LogP contribution in [0, 0.1) is 5.92 Å². The van der Waals surface area contributed by atoms with Crippen molar-refractivity contribution in [3.05, 3.63) is 71.3 Å². The van der Waals surface area contributed by atoms with Crippen molar-refractivity contribution in [1.82, 2.24) is 4.90 Å². The number of rotatable bonds is 2. The number of carbonyl (C=O) groups excluding carboxylic acids is 1. The van der Waals surface area contributed by atoms with Crippen molar-refractivity contribution in [2.45, 2.75) is 37.8 Å². The Kier molecular flexibility index (Phi) is 4.11. The summed E-state index contributed by atoms with van der Waals surface area (Å²) in [6, 6.07) is 18.9. The predicted octanol–water partition coefficient (Wildman–Crippen LogP) is 3.32. The first kappa shape index (κ1) is 15.4. The molecule has 1 N–H and O–H groups in total. The first-order valence-electron chi connectivity index (χ1n) is 8.82. The number of amides is 1. The molecule has 0 unspecified atom stereocenters. The van der Waals surface area contributed by atoms with Crippen molar-refractivity contribution in [2.75, 3.05) is 6.54 Å². The van der Waals surface area contributed by atoms with Gasteiger partial charge in [0.2, 0.25) is 5.91 Å². The van der Waals surface area contributed by atoms with Crippen LogP contribution in [0.5, 0.6) is 0 Å². The molecule has 0 aromatic heterocycles. The van der Waals surface area contributed by atoms with Crippen LogP contribution in [-0.2, 0) is 11.3 Å². The van der Waals surface area contributed by atoms with E-state index in [-0.39, 0.29) is 23.8 Å². The maximum absolute atomic E-state index is 12.9. The summed E-state index contributed by atoms with van der Waals surface area (Å²) >= 11 is 0. The molecule has 0 spiro atoms. The molecule has 1 heterocycles. The Hall–Kier alpha value is -2.13. The van der Waals surface area contributed by atoms with Gasteiger partial charge in [-0.05, 0) is 36.0 Å². The fourth-order valence-electron chi connectivity index (χ4n) is 4.19. The molecule has 2 aromatic carbocycles. The second kappa shape index (κ2) is 6.40. The van der Waals surface area contributed by atoms with Crippen molar-refractivity contribution >= 4 is 5.91 Å². The van der Waals surface area contributed by atoms with E-state index < -0.39 is 0 Å². The van der Waals surface area contributed by atoms with E-state index in [9.17, 15) is 9.90 Å². The minimum absolute atomic E-state index is 0.0123. The second-order valence-corrected chi connectivity index (χ2v) is 7.04. The summed E-state index contributed by atoms with van der Waals surface area (Å²) in [5.41, 5.74) is 3.83. The summed E-state index contributed by atoms with van der Waals surface area (Å²) < 4.78 is 0. The molecule has 124 valence electrons. The van der Waals surface area contributed by atoms with Crippen LogP contribution in [0.25, 0.3) is 0 Å². The highest BCUT2D eigenvalue weighted by Gasteiger charge is 2.35. The Morgan fingerprint density at radius 3 is 2.50 bits per heavy atom. The van der Waals surface area contributed by atoms with Gasteiger partial charge in [0, 0.05) is 24.9 Å². The zero-order chi connectivity index (χ0) is 16.5. The normalized spacial score (nSPS) is 26.2. The fourth-order valence-corrected chi connectivity index (χ4v) is 4.19. The lowest BCUT2D eigenvalue weighted by Crippen LogP contribution is -2.41. The zero-order valence-corrected chi connectivity index (χ0v) is 13.8. The van der Waals surface area contributed by atoms with E-state index in [2.05, 4.69) is 42.5 Å². The first-order valence-corrected chi connectivity index (χ1v) is 8.82. The van der Waals surface area contributed by atoms with Gasteiger partial charge < -0.3 is 10.0 Å². The number of nitrogens with zero attached hydrogens (tertiary/aromatic N) is 1. The summed E-state index contributed by atoms with van der Waals surface area (Å²) in [4.78, 5) is 15.0. The van der Waals surface area contributed by atoms with Gasteiger partial charge in [0.15, 0.2) is 0 Å². The molecule has 1 aliphatic carbocycles. The molecule has 1 amide bonds. The largest absolute Gasteiger partial charge is 0.393 e. The molecule has 0 saturated heterocycles. The molecule has 3 heteroatoms. The Morgan fingerprint density at radius 1 is 1.00 bits per heavy atom. The van der Waals surface area contributed by atoms with E-state index in [1.165, 1.54) is 16.7 Å². The minimum atomic E-state index is -0.305. The maximum Gasteiger partial charge on any atom is 0.226 e. The molecule has 24 heavy (non-hydrogen) atoms. The van der Waals surface area contributed by atoms with Crippen molar-refractivity contribution < 1.29 is 9.90 Å². The minimum Gasteiger partial charge on any atom is -0.393 e. The summed E-state index contributed by atoms with van der Waals surface area (Å²) in [7, 11) is 0. The third-order valence-corrected chi connectivity index (χ3v) is 5.46. The Morgan fingerprint density at radius 2 is 1.75 bits per heavy atom. The summed E-state index contributed by atoms with van der Waals surface area (Å²) in [6.07, 6.45) is 1.88.